The zero-order chi connectivity index (χ0) is 11.5. The maximum absolute atomic E-state index is 10.4. The molecule has 2 aromatic heterocycles. The van der Waals surface area contributed by atoms with E-state index < -0.39 is 5.97 Å². The molecule has 84 valence electrons. The summed E-state index contributed by atoms with van der Waals surface area (Å²) in [6.45, 7) is 0. The Morgan fingerprint density at radius 1 is 1.62 bits per heavy atom. The summed E-state index contributed by atoms with van der Waals surface area (Å²) in [5.41, 5.74) is 0. The molecule has 0 bridgehead atoms. The number of aromatic nitrogens is 3. The van der Waals surface area contributed by atoms with Crippen LogP contribution in [0.5, 0.6) is 0 Å². The molecule has 2 heterocycles. The van der Waals surface area contributed by atoms with Crippen molar-refractivity contribution in [1.29, 1.82) is 0 Å². The molecule has 2 rings (SSSR count). The Balaban J connectivity index is 2.21. The summed E-state index contributed by atoms with van der Waals surface area (Å²) in [4.78, 5) is 11.3. The third-order valence-corrected chi connectivity index (χ3v) is 3.52. The molecular weight excluding hydrogens is 248 g/mol. The van der Waals surface area contributed by atoms with E-state index in [0.29, 0.717) is 11.0 Å². The molecule has 2 aromatic rings. The molecule has 0 aliphatic rings. The first-order valence-electron chi connectivity index (χ1n) is 4.27. The van der Waals surface area contributed by atoms with Gasteiger partial charge in [0, 0.05) is 0 Å². The van der Waals surface area contributed by atoms with Crippen molar-refractivity contribution in [2.75, 3.05) is 11.6 Å². The van der Waals surface area contributed by atoms with Crippen LogP contribution < -0.4 is 5.84 Å². The zero-order valence-electron chi connectivity index (χ0n) is 8.03. The van der Waals surface area contributed by atoms with E-state index in [1.165, 1.54) is 16.0 Å². The quantitative estimate of drug-likeness (QED) is 0.623. The van der Waals surface area contributed by atoms with Crippen LogP contribution in [0.2, 0.25) is 0 Å². The minimum atomic E-state index is -0.911. The van der Waals surface area contributed by atoms with Crippen LogP contribution in [0.4, 0.5) is 0 Å². The van der Waals surface area contributed by atoms with Crippen molar-refractivity contribution in [2.45, 2.75) is 5.16 Å². The summed E-state index contributed by atoms with van der Waals surface area (Å²) in [7, 11) is 0. The van der Waals surface area contributed by atoms with Gasteiger partial charge in [0.05, 0.1) is 10.6 Å². The van der Waals surface area contributed by atoms with Gasteiger partial charge in [0.1, 0.15) is 0 Å². The van der Waals surface area contributed by atoms with Crippen LogP contribution in [-0.2, 0) is 4.79 Å². The fraction of sp³-hybridized carbons (Fsp3) is 0.125. The number of thioether (sulfide) groups is 1. The van der Waals surface area contributed by atoms with Gasteiger partial charge in [-0.25, -0.2) is 4.68 Å². The molecule has 6 nitrogen and oxygen atoms in total. The SMILES string of the molecule is Nn1c(SCC(=O)O)nnc1-c1cccs1. The average molecular weight is 256 g/mol. The first-order valence-corrected chi connectivity index (χ1v) is 6.14. The number of nitrogens with two attached hydrogens (primary N) is 1. The van der Waals surface area contributed by atoms with Gasteiger partial charge in [0.2, 0.25) is 5.16 Å². The van der Waals surface area contributed by atoms with Crippen LogP contribution in [0.1, 0.15) is 0 Å². The van der Waals surface area contributed by atoms with Gasteiger partial charge in [0.15, 0.2) is 5.82 Å². The molecule has 0 aromatic carbocycles. The number of hydrogen-bond donors (Lipinski definition) is 2. The molecule has 0 saturated heterocycles. The van der Waals surface area contributed by atoms with E-state index in [9.17, 15) is 4.79 Å². The maximum Gasteiger partial charge on any atom is 0.313 e. The van der Waals surface area contributed by atoms with E-state index in [0.717, 1.165) is 16.6 Å². The number of carboxylic acid groups (broad SMARTS) is 1. The minimum Gasteiger partial charge on any atom is -0.481 e. The number of carboxylic acids is 1. The lowest BCUT2D eigenvalue weighted by Gasteiger charge is -1.99. The van der Waals surface area contributed by atoms with Crippen molar-refractivity contribution in [3.8, 4) is 10.7 Å². The fourth-order valence-corrected chi connectivity index (χ4v) is 2.36. The standard InChI is InChI=1S/C8H8N4O2S2/c9-12-7(5-2-1-3-15-5)10-11-8(12)16-4-6(13)14/h1-3H,4,9H2,(H,13,14). The third-order valence-electron chi connectivity index (χ3n) is 1.73. The molecule has 8 heteroatoms. The number of thiophene rings is 1. The monoisotopic (exact) mass is 256 g/mol. The van der Waals surface area contributed by atoms with Gasteiger partial charge >= 0.3 is 5.97 Å². The first-order chi connectivity index (χ1) is 7.68. The van der Waals surface area contributed by atoms with Crippen molar-refractivity contribution in [2.24, 2.45) is 0 Å². The van der Waals surface area contributed by atoms with Crippen LogP contribution in [0.15, 0.2) is 22.7 Å². The lowest BCUT2D eigenvalue weighted by molar-refractivity contribution is -0.133. The molecule has 0 atom stereocenters. The zero-order valence-corrected chi connectivity index (χ0v) is 9.66. The van der Waals surface area contributed by atoms with E-state index >= 15 is 0 Å². The Kier molecular flexibility index (Phi) is 3.11. The Hall–Kier alpha value is -1.54. The van der Waals surface area contributed by atoms with Crippen molar-refractivity contribution < 1.29 is 9.90 Å². The summed E-state index contributed by atoms with van der Waals surface area (Å²) < 4.78 is 1.30. The normalized spacial score (nSPS) is 10.5. The van der Waals surface area contributed by atoms with Crippen LogP contribution in [0, 0.1) is 0 Å². The highest BCUT2D eigenvalue weighted by Crippen LogP contribution is 2.24. The molecule has 0 amide bonds. The van der Waals surface area contributed by atoms with E-state index in [1.54, 1.807) is 0 Å². The lowest BCUT2D eigenvalue weighted by Crippen LogP contribution is -2.12. The van der Waals surface area contributed by atoms with Gasteiger partial charge in [-0.1, -0.05) is 17.8 Å². The molecule has 3 N–H and O–H groups in total. The van der Waals surface area contributed by atoms with Gasteiger partial charge in [-0.15, -0.1) is 21.5 Å². The number of carbonyl (C=O) groups is 1. The first kappa shape index (κ1) is 11.0. The number of rotatable bonds is 4. The molecule has 0 saturated carbocycles. The third kappa shape index (κ3) is 2.17. The van der Waals surface area contributed by atoms with E-state index in [1.807, 2.05) is 17.5 Å². The minimum absolute atomic E-state index is 0.0836. The molecule has 0 unspecified atom stereocenters. The molecule has 0 fully saturated rings. The Morgan fingerprint density at radius 3 is 3.06 bits per heavy atom. The summed E-state index contributed by atoms with van der Waals surface area (Å²) in [5.74, 6) is 5.31. The van der Waals surface area contributed by atoms with Crippen LogP contribution in [0.25, 0.3) is 10.7 Å². The van der Waals surface area contributed by atoms with Crippen molar-refractivity contribution >= 4 is 29.1 Å². The second-order valence-electron chi connectivity index (χ2n) is 2.84. The van der Waals surface area contributed by atoms with E-state index in [2.05, 4.69) is 10.2 Å². The predicted octanol–water partition coefficient (Wildman–Crippen LogP) is 0.897. The molecule has 0 aliphatic heterocycles. The molecule has 16 heavy (non-hydrogen) atoms. The largest absolute Gasteiger partial charge is 0.481 e. The molecule has 0 radical (unpaired) electrons. The molecule has 0 spiro atoms. The Bertz CT molecular complexity index is 494. The highest BCUT2D eigenvalue weighted by atomic mass is 32.2. The number of aliphatic carboxylic acids is 1. The summed E-state index contributed by atoms with van der Waals surface area (Å²) in [6.07, 6.45) is 0. The second-order valence-corrected chi connectivity index (χ2v) is 4.73. The van der Waals surface area contributed by atoms with Gasteiger partial charge in [-0.05, 0) is 11.4 Å². The average Bonchev–Trinajstić information content (AvgIpc) is 2.84. The van der Waals surface area contributed by atoms with Crippen LogP contribution in [0.3, 0.4) is 0 Å². The molecular formula is C8H8N4O2S2. The Morgan fingerprint density at radius 2 is 2.44 bits per heavy atom. The molecule has 0 aliphatic carbocycles. The van der Waals surface area contributed by atoms with Crippen LogP contribution >= 0.6 is 23.1 Å². The number of hydrogen-bond acceptors (Lipinski definition) is 6. The van der Waals surface area contributed by atoms with Crippen molar-refractivity contribution in [3.05, 3.63) is 17.5 Å². The topological polar surface area (TPSA) is 94.0 Å². The number of nitrogens with zero attached hydrogens (tertiary/aromatic N) is 3. The second kappa shape index (κ2) is 4.54. The fourth-order valence-electron chi connectivity index (χ4n) is 1.08. The lowest BCUT2D eigenvalue weighted by atomic mass is 10.4. The van der Waals surface area contributed by atoms with Gasteiger partial charge < -0.3 is 10.9 Å². The predicted molar refractivity (Wildman–Crippen MR) is 61.8 cm³/mol. The van der Waals surface area contributed by atoms with Gasteiger partial charge in [0.25, 0.3) is 0 Å². The van der Waals surface area contributed by atoms with E-state index in [4.69, 9.17) is 10.9 Å². The Labute approximate surface area is 99.1 Å². The summed E-state index contributed by atoms with van der Waals surface area (Å²) in [5, 5.41) is 18.6. The highest BCUT2D eigenvalue weighted by molar-refractivity contribution is 7.99. The summed E-state index contributed by atoms with van der Waals surface area (Å²) >= 11 is 2.54. The van der Waals surface area contributed by atoms with E-state index in [-0.39, 0.29) is 5.75 Å². The van der Waals surface area contributed by atoms with Crippen molar-refractivity contribution in [3.63, 3.8) is 0 Å². The van der Waals surface area contributed by atoms with Gasteiger partial charge in [-0.3, -0.25) is 4.79 Å². The maximum atomic E-state index is 10.4. The van der Waals surface area contributed by atoms with Crippen LogP contribution in [-0.4, -0.2) is 31.7 Å². The smallest absolute Gasteiger partial charge is 0.313 e. The number of nitrogen functional groups attached to an aromatic ring is 1. The van der Waals surface area contributed by atoms with Crippen molar-refractivity contribution in [1.82, 2.24) is 14.9 Å². The highest BCUT2D eigenvalue weighted by Gasteiger charge is 2.13. The summed E-state index contributed by atoms with van der Waals surface area (Å²) in [6, 6.07) is 3.77. The van der Waals surface area contributed by atoms with Gasteiger partial charge in [-0.2, -0.15) is 0 Å².